The molecule has 0 aliphatic rings. The van der Waals surface area contributed by atoms with Crippen LogP contribution in [0.1, 0.15) is 22.8 Å². The number of aromatic amines is 2. The number of nitrogens with zero attached hydrogens (tertiary/aromatic N) is 1. The van der Waals surface area contributed by atoms with Crippen LogP contribution in [0.4, 0.5) is 5.69 Å². The lowest BCUT2D eigenvalue weighted by Gasteiger charge is -2.06. The number of methoxy groups -OCH3 is 1. The molecule has 1 aromatic carbocycles. The van der Waals surface area contributed by atoms with E-state index >= 15 is 0 Å². The molecule has 0 spiro atoms. The molecule has 3 N–H and O–H groups in total. The quantitative estimate of drug-likeness (QED) is 0.456. The summed E-state index contributed by atoms with van der Waals surface area (Å²) < 4.78 is 4.69. The van der Waals surface area contributed by atoms with Crippen molar-refractivity contribution in [2.24, 2.45) is 4.99 Å². The van der Waals surface area contributed by atoms with Crippen molar-refractivity contribution in [1.82, 2.24) is 9.97 Å². The number of hydrogen-bond acceptors (Lipinski definition) is 6. The second-order valence-electron chi connectivity index (χ2n) is 4.34. The summed E-state index contributed by atoms with van der Waals surface area (Å²) in [6.45, 7) is 1.54. The summed E-state index contributed by atoms with van der Waals surface area (Å²) in [6, 6.07) is 6.53. The van der Waals surface area contributed by atoms with E-state index in [1.165, 1.54) is 14.0 Å². The lowest BCUT2D eigenvalue weighted by molar-refractivity contribution is 0.0601. The number of aromatic hydroxyl groups is 1. The largest absolute Gasteiger partial charge is 0.494 e. The first kappa shape index (κ1) is 15.6. The normalized spacial score (nSPS) is 11.3. The van der Waals surface area contributed by atoms with Crippen molar-refractivity contribution >= 4 is 29.6 Å². The van der Waals surface area contributed by atoms with Crippen LogP contribution in [0.25, 0.3) is 0 Å². The van der Waals surface area contributed by atoms with Gasteiger partial charge in [0.05, 0.1) is 24.1 Å². The van der Waals surface area contributed by atoms with Gasteiger partial charge in [0, 0.05) is 0 Å². The summed E-state index contributed by atoms with van der Waals surface area (Å²) in [5, 5.41) is 9.83. The molecular formula is C14H13N3O4S. The van der Waals surface area contributed by atoms with Gasteiger partial charge in [0.2, 0.25) is 5.88 Å². The number of esters is 1. The van der Waals surface area contributed by atoms with Crippen LogP contribution in [0.5, 0.6) is 5.88 Å². The lowest BCUT2D eigenvalue weighted by atomic mass is 10.1. The average Bonchev–Trinajstić information content (AvgIpc) is 2.46. The maximum atomic E-state index is 11.9. The Kier molecular flexibility index (Phi) is 4.52. The molecule has 2 aromatic rings. The van der Waals surface area contributed by atoms with Gasteiger partial charge in [0.1, 0.15) is 5.56 Å². The third-order valence-corrected chi connectivity index (χ3v) is 3.09. The first-order valence-corrected chi connectivity index (χ1v) is 6.63. The third kappa shape index (κ3) is 3.12. The van der Waals surface area contributed by atoms with Crippen LogP contribution in [-0.4, -0.2) is 33.9 Å². The highest BCUT2D eigenvalue weighted by Crippen LogP contribution is 2.21. The predicted molar refractivity (Wildman–Crippen MR) is 83.6 cm³/mol. The molecular weight excluding hydrogens is 306 g/mol. The van der Waals surface area contributed by atoms with E-state index in [-0.39, 0.29) is 27.5 Å². The highest BCUT2D eigenvalue weighted by Gasteiger charge is 2.14. The molecule has 0 bridgehead atoms. The van der Waals surface area contributed by atoms with Gasteiger partial charge in [-0.1, -0.05) is 12.1 Å². The molecule has 0 unspecified atom stereocenters. The average molecular weight is 319 g/mol. The molecule has 0 amide bonds. The van der Waals surface area contributed by atoms with Crippen molar-refractivity contribution in [3.63, 3.8) is 0 Å². The first-order valence-electron chi connectivity index (χ1n) is 6.22. The van der Waals surface area contributed by atoms with Gasteiger partial charge < -0.3 is 14.8 Å². The van der Waals surface area contributed by atoms with Gasteiger partial charge in [-0.25, -0.2) is 4.79 Å². The molecule has 0 saturated heterocycles. The van der Waals surface area contributed by atoms with E-state index in [4.69, 9.17) is 12.2 Å². The fourth-order valence-corrected chi connectivity index (χ4v) is 2.09. The number of para-hydroxylation sites is 1. The van der Waals surface area contributed by atoms with Crippen molar-refractivity contribution < 1.29 is 14.6 Å². The molecule has 8 heteroatoms. The van der Waals surface area contributed by atoms with E-state index < -0.39 is 11.5 Å². The smallest absolute Gasteiger partial charge is 0.340 e. The minimum atomic E-state index is -0.571. The minimum Gasteiger partial charge on any atom is -0.494 e. The van der Waals surface area contributed by atoms with E-state index in [0.717, 1.165) is 0 Å². The van der Waals surface area contributed by atoms with Gasteiger partial charge in [-0.2, -0.15) is 0 Å². The predicted octanol–water partition coefficient (Wildman–Crippen LogP) is 2.07. The topological polar surface area (TPSA) is 108 Å². The number of rotatable bonds is 3. The Morgan fingerprint density at radius 3 is 2.64 bits per heavy atom. The number of carbonyl (C=O) groups is 1. The van der Waals surface area contributed by atoms with Gasteiger partial charge in [-0.05, 0) is 31.3 Å². The highest BCUT2D eigenvalue weighted by atomic mass is 32.1. The number of benzene rings is 1. The van der Waals surface area contributed by atoms with Crippen LogP contribution in [0.2, 0.25) is 0 Å². The Hall–Kier alpha value is -2.74. The number of H-pyrrole nitrogens is 2. The van der Waals surface area contributed by atoms with E-state index in [1.54, 1.807) is 24.3 Å². The maximum Gasteiger partial charge on any atom is 0.340 e. The Morgan fingerprint density at radius 2 is 2.00 bits per heavy atom. The monoisotopic (exact) mass is 319 g/mol. The van der Waals surface area contributed by atoms with Crippen LogP contribution in [0.3, 0.4) is 0 Å². The van der Waals surface area contributed by atoms with E-state index in [1.807, 2.05) is 0 Å². The molecule has 114 valence electrons. The Morgan fingerprint density at radius 1 is 1.32 bits per heavy atom. The van der Waals surface area contributed by atoms with Gasteiger partial charge in [0.15, 0.2) is 4.77 Å². The Bertz CT molecular complexity index is 867. The zero-order valence-corrected chi connectivity index (χ0v) is 12.7. The third-order valence-electron chi connectivity index (χ3n) is 2.88. The number of hydrogen-bond donors (Lipinski definition) is 3. The lowest BCUT2D eigenvalue weighted by Crippen LogP contribution is -2.18. The van der Waals surface area contributed by atoms with Crippen LogP contribution >= 0.6 is 12.2 Å². The number of aliphatic imine (C=N–C) groups is 1. The van der Waals surface area contributed by atoms with Gasteiger partial charge in [-0.15, -0.1) is 0 Å². The fourth-order valence-electron chi connectivity index (χ4n) is 1.90. The zero-order valence-electron chi connectivity index (χ0n) is 11.8. The SMILES string of the molecule is COC(=O)c1ccccc1N=C(C)c1c(O)[nH]c(=S)[nH]c1=O. The van der Waals surface area contributed by atoms with E-state index in [0.29, 0.717) is 5.69 Å². The number of ether oxygens (including phenoxy) is 1. The highest BCUT2D eigenvalue weighted by molar-refractivity contribution is 7.71. The summed E-state index contributed by atoms with van der Waals surface area (Å²) in [7, 11) is 1.27. The van der Waals surface area contributed by atoms with E-state index in [9.17, 15) is 14.7 Å². The number of carbonyl (C=O) groups excluding carboxylic acids is 1. The minimum absolute atomic E-state index is 0.00834. The summed E-state index contributed by atoms with van der Waals surface area (Å²) in [6.07, 6.45) is 0. The van der Waals surface area contributed by atoms with Gasteiger partial charge >= 0.3 is 5.97 Å². The molecule has 0 fully saturated rings. The van der Waals surface area contributed by atoms with Crippen LogP contribution in [0, 0.1) is 4.77 Å². The standard InChI is InChI=1S/C14H13N3O4S/c1-7(10-11(18)16-14(22)17-12(10)19)15-9-6-4-3-5-8(9)13(20)21-2/h3-6H,1-2H3,(H3,16,17,18,19,22). The summed E-state index contributed by atoms with van der Waals surface area (Å²) in [5.41, 5.74) is 0.185. The Labute approximate surface area is 130 Å². The molecule has 0 saturated carbocycles. The van der Waals surface area contributed by atoms with Crippen LogP contribution in [-0.2, 0) is 4.74 Å². The molecule has 0 aliphatic carbocycles. The van der Waals surface area contributed by atoms with Crippen LogP contribution < -0.4 is 5.56 Å². The number of aromatic nitrogens is 2. The molecule has 1 aromatic heterocycles. The zero-order chi connectivity index (χ0) is 16.3. The van der Waals surface area contributed by atoms with Gasteiger partial charge in [0.25, 0.3) is 5.56 Å². The Balaban J connectivity index is 2.58. The maximum absolute atomic E-state index is 11.9. The van der Waals surface area contributed by atoms with Crippen molar-refractivity contribution in [2.45, 2.75) is 6.92 Å². The summed E-state index contributed by atoms with van der Waals surface area (Å²) in [4.78, 5) is 32.6. The van der Waals surface area contributed by atoms with Crippen LogP contribution in [0.15, 0.2) is 34.1 Å². The van der Waals surface area contributed by atoms with Crippen molar-refractivity contribution in [3.05, 3.63) is 50.5 Å². The van der Waals surface area contributed by atoms with Crippen molar-refractivity contribution in [2.75, 3.05) is 7.11 Å². The summed E-state index contributed by atoms with van der Waals surface area (Å²) >= 11 is 4.76. The molecule has 1 heterocycles. The van der Waals surface area contributed by atoms with E-state index in [2.05, 4.69) is 19.7 Å². The molecule has 7 nitrogen and oxygen atoms in total. The fraction of sp³-hybridized carbons (Fsp3) is 0.143. The first-order chi connectivity index (χ1) is 10.4. The molecule has 22 heavy (non-hydrogen) atoms. The van der Waals surface area contributed by atoms with Gasteiger partial charge in [-0.3, -0.25) is 14.8 Å². The molecule has 0 aliphatic heterocycles. The second kappa shape index (κ2) is 6.35. The molecule has 2 rings (SSSR count). The molecule has 0 atom stereocenters. The van der Waals surface area contributed by atoms with Crippen molar-refractivity contribution in [1.29, 1.82) is 0 Å². The second-order valence-corrected chi connectivity index (χ2v) is 4.75. The summed E-state index contributed by atoms with van der Waals surface area (Å²) in [5.74, 6) is -0.928. The number of nitrogens with one attached hydrogen (secondary N) is 2. The van der Waals surface area contributed by atoms with Crippen molar-refractivity contribution in [3.8, 4) is 5.88 Å². The molecule has 0 radical (unpaired) electrons.